The predicted octanol–water partition coefficient (Wildman–Crippen LogP) is 3.11. The third kappa shape index (κ3) is 5.18. The summed E-state index contributed by atoms with van der Waals surface area (Å²) >= 11 is 1.18. The minimum atomic E-state index is -6.49. The zero-order valence-electron chi connectivity index (χ0n) is 11.2. The van der Waals surface area contributed by atoms with Crippen LogP contribution in [0.1, 0.15) is 26.2 Å². The van der Waals surface area contributed by atoms with Crippen LogP contribution in [0.3, 0.4) is 0 Å². The Kier molecular flexibility index (Phi) is 7.54. The van der Waals surface area contributed by atoms with Crippen molar-refractivity contribution in [3.63, 3.8) is 0 Å². The maximum Gasteiger partial charge on any atom is 0.498 e. The molecule has 134 valence electrons. The normalized spacial score (nSPS) is 14.5. The van der Waals surface area contributed by atoms with E-state index in [2.05, 4.69) is 0 Å². The SMILES string of the molecule is CCCSCCCC(S(=O)(=O)C(F)(F)F)S(=O)(=O)C(F)(F)F. The molecule has 0 aliphatic heterocycles. The van der Waals surface area contributed by atoms with Crippen LogP contribution in [0, 0.1) is 0 Å². The van der Waals surface area contributed by atoms with Gasteiger partial charge in [0.25, 0.3) is 19.7 Å². The standard InChI is InChI=1S/C9H14F6O4S3/c1-2-5-20-6-3-4-7(21(16,17)8(10,11)12)22(18,19)9(13,14)15/h7H,2-6H2,1H3. The Morgan fingerprint density at radius 3 is 1.59 bits per heavy atom. The summed E-state index contributed by atoms with van der Waals surface area (Å²) in [5.74, 6) is 0.633. The quantitative estimate of drug-likeness (QED) is 0.466. The first-order chi connectivity index (χ1) is 9.69. The molecule has 0 aliphatic rings. The molecule has 0 saturated heterocycles. The lowest BCUT2D eigenvalue weighted by Gasteiger charge is -2.20. The molecular weight excluding hydrogens is 382 g/mol. The van der Waals surface area contributed by atoms with E-state index in [0.29, 0.717) is 12.2 Å². The zero-order valence-corrected chi connectivity index (χ0v) is 13.7. The number of halogens is 6. The molecule has 0 aromatic rings. The molecule has 22 heavy (non-hydrogen) atoms. The van der Waals surface area contributed by atoms with Crippen molar-refractivity contribution >= 4 is 31.4 Å². The lowest BCUT2D eigenvalue weighted by Crippen LogP contribution is -2.44. The Morgan fingerprint density at radius 2 is 1.27 bits per heavy atom. The maximum atomic E-state index is 12.4. The molecule has 13 heteroatoms. The van der Waals surface area contributed by atoms with Crippen molar-refractivity contribution in [2.24, 2.45) is 0 Å². The molecule has 0 aromatic carbocycles. The average molecular weight is 396 g/mol. The van der Waals surface area contributed by atoms with Gasteiger partial charge in [-0.2, -0.15) is 38.1 Å². The van der Waals surface area contributed by atoms with Gasteiger partial charge in [0.2, 0.25) is 0 Å². The largest absolute Gasteiger partial charge is 0.498 e. The van der Waals surface area contributed by atoms with E-state index >= 15 is 0 Å². The van der Waals surface area contributed by atoms with Crippen LogP contribution in [0.4, 0.5) is 26.3 Å². The van der Waals surface area contributed by atoms with Crippen LogP contribution in [0.2, 0.25) is 0 Å². The lowest BCUT2D eigenvalue weighted by molar-refractivity contribution is -0.0472. The van der Waals surface area contributed by atoms with Crippen molar-refractivity contribution in [3.05, 3.63) is 0 Å². The van der Waals surface area contributed by atoms with E-state index < -0.39 is 48.1 Å². The molecule has 0 heterocycles. The second-order valence-corrected chi connectivity index (χ2v) is 9.93. The first-order valence-electron chi connectivity index (χ1n) is 5.87. The molecule has 0 aromatic heterocycles. The summed E-state index contributed by atoms with van der Waals surface area (Å²) in [4.78, 5) is 0. The van der Waals surface area contributed by atoms with Gasteiger partial charge in [0.1, 0.15) is 0 Å². The highest BCUT2D eigenvalue weighted by Gasteiger charge is 2.62. The summed E-state index contributed by atoms with van der Waals surface area (Å²) in [5.41, 5.74) is -12.2. The van der Waals surface area contributed by atoms with Crippen molar-refractivity contribution in [1.82, 2.24) is 0 Å². The lowest BCUT2D eigenvalue weighted by atomic mass is 10.4. The second kappa shape index (κ2) is 7.60. The van der Waals surface area contributed by atoms with Crippen LogP contribution in [0.25, 0.3) is 0 Å². The Hall–Kier alpha value is -0.170. The Labute approximate surface area is 128 Å². The van der Waals surface area contributed by atoms with Gasteiger partial charge in [-0.25, -0.2) is 16.8 Å². The summed E-state index contributed by atoms with van der Waals surface area (Å²) in [6.45, 7) is 1.79. The fraction of sp³-hybridized carbons (Fsp3) is 1.00. The van der Waals surface area contributed by atoms with Gasteiger partial charge in [-0.15, -0.1) is 0 Å². The third-order valence-electron chi connectivity index (χ3n) is 2.41. The van der Waals surface area contributed by atoms with Gasteiger partial charge < -0.3 is 0 Å². The molecule has 0 bridgehead atoms. The first kappa shape index (κ1) is 21.8. The molecule has 0 fully saturated rings. The van der Waals surface area contributed by atoms with Crippen molar-refractivity contribution in [2.75, 3.05) is 11.5 Å². The van der Waals surface area contributed by atoms with Gasteiger partial charge in [0, 0.05) is 0 Å². The first-order valence-corrected chi connectivity index (χ1v) is 10.1. The van der Waals surface area contributed by atoms with E-state index in [9.17, 15) is 43.2 Å². The van der Waals surface area contributed by atoms with Crippen molar-refractivity contribution in [2.45, 2.75) is 41.8 Å². The summed E-state index contributed by atoms with van der Waals surface area (Å²) < 4.78 is 115. The van der Waals surface area contributed by atoms with E-state index in [-0.39, 0.29) is 5.75 Å². The minimum absolute atomic E-state index is 0.0606. The smallest absolute Gasteiger partial charge is 0.218 e. The topological polar surface area (TPSA) is 68.3 Å². The molecule has 4 nitrogen and oxygen atoms in total. The number of thioether (sulfide) groups is 1. The molecule has 0 amide bonds. The van der Waals surface area contributed by atoms with Gasteiger partial charge >= 0.3 is 11.0 Å². The zero-order chi connectivity index (χ0) is 17.8. The van der Waals surface area contributed by atoms with Crippen molar-refractivity contribution in [3.8, 4) is 0 Å². The number of alkyl halides is 6. The van der Waals surface area contributed by atoms with Gasteiger partial charge in [-0.3, -0.25) is 0 Å². The van der Waals surface area contributed by atoms with E-state index in [4.69, 9.17) is 0 Å². The minimum Gasteiger partial charge on any atom is -0.218 e. The summed E-state index contributed by atoms with van der Waals surface area (Å²) in [6, 6.07) is 0. The highest BCUT2D eigenvalue weighted by atomic mass is 32.3. The average Bonchev–Trinajstić information content (AvgIpc) is 2.30. The fourth-order valence-corrected chi connectivity index (χ4v) is 5.78. The fourth-order valence-electron chi connectivity index (χ4n) is 1.37. The Bertz CT molecular complexity index is 505. The summed E-state index contributed by atoms with van der Waals surface area (Å²) in [5, 5.41) is 0. The van der Waals surface area contributed by atoms with Crippen LogP contribution in [-0.2, 0) is 19.7 Å². The number of rotatable bonds is 8. The van der Waals surface area contributed by atoms with Crippen molar-refractivity contribution in [1.29, 1.82) is 0 Å². The van der Waals surface area contributed by atoms with Crippen LogP contribution in [0.5, 0.6) is 0 Å². The highest BCUT2D eigenvalue weighted by Crippen LogP contribution is 2.38. The van der Waals surface area contributed by atoms with Crippen LogP contribution in [-0.4, -0.2) is 43.9 Å². The number of sulfone groups is 2. The Morgan fingerprint density at radius 1 is 0.864 bits per heavy atom. The van der Waals surface area contributed by atoms with Crippen molar-refractivity contribution < 1.29 is 43.2 Å². The molecular formula is C9H14F6O4S3. The Balaban J connectivity index is 5.47. The van der Waals surface area contributed by atoms with E-state index in [1.54, 1.807) is 6.92 Å². The number of hydrogen-bond donors (Lipinski definition) is 0. The third-order valence-corrected chi connectivity index (χ3v) is 8.36. The van der Waals surface area contributed by atoms with Crippen LogP contribution in [0.15, 0.2) is 0 Å². The molecule has 0 saturated carbocycles. The summed E-state index contributed by atoms with van der Waals surface area (Å²) in [7, 11) is -13.0. The molecule has 0 radical (unpaired) electrons. The van der Waals surface area contributed by atoms with Crippen LogP contribution >= 0.6 is 11.8 Å². The van der Waals surface area contributed by atoms with Gasteiger partial charge in [-0.05, 0) is 30.8 Å². The molecule has 0 unspecified atom stereocenters. The monoisotopic (exact) mass is 396 g/mol. The molecule has 0 spiro atoms. The second-order valence-electron chi connectivity index (χ2n) is 4.17. The van der Waals surface area contributed by atoms with E-state index in [1.807, 2.05) is 0 Å². The van der Waals surface area contributed by atoms with Gasteiger partial charge in [0.15, 0.2) is 4.58 Å². The van der Waals surface area contributed by atoms with E-state index in [0.717, 1.165) is 0 Å². The molecule has 0 aliphatic carbocycles. The molecule has 0 atom stereocenters. The maximum absolute atomic E-state index is 12.4. The van der Waals surface area contributed by atoms with E-state index in [1.165, 1.54) is 11.8 Å². The van der Waals surface area contributed by atoms with Crippen LogP contribution < -0.4 is 0 Å². The highest BCUT2D eigenvalue weighted by molar-refractivity contribution is 8.09. The molecule has 0 rings (SSSR count). The van der Waals surface area contributed by atoms with Gasteiger partial charge in [-0.1, -0.05) is 6.92 Å². The van der Waals surface area contributed by atoms with Gasteiger partial charge in [0.05, 0.1) is 0 Å². The number of hydrogen-bond acceptors (Lipinski definition) is 5. The molecule has 0 N–H and O–H groups in total. The predicted molar refractivity (Wildman–Crippen MR) is 70.6 cm³/mol. The summed E-state index contributed by atoms with van der Waals surface area (Å²) in [6.07, 6.45) is -0.962.